The van der Waals surface area contributed by atoms with Gasteiger partial charge < -0.3 is 15.0 Å². The maximum atomic E-state index is 12.1. The molecular weight excluding hydrogens is 344 g/mol. The molecule has 1 N–H and O–H groups in total. The molecule has 0 radical (unpaired) electrons. The van der Waals surface area contributed by atoms with Crippen LogP contribution in [0.2, 0.25) is 0 Å². The number of nitrogens with zero attached hydrogens (tertiary/aromatic N) is 1. The fourth-order valence-corrected chi connectivity index (χ4v) is 2.97. The molecule has 1 fully saturated rings. The fourth-order valence-electron chi connectivity index (χ4n) is 2.97. The maximum Gasteiger partial charge on any atom is 0.338 e. The summed E-state index contributed by atoms with van der Waals surface area (Å²) >= 11 is 0. The lowest BCUT2D eigenvalue weighted by Crippen LogP contribution is -2.24. The quantitative estimate of drug-likeness (QED) is 0.825. The van der Waals surface area contributed by atoms with E-state index >= 15 is 0 Å². The Bertz CT molecular complexity index is 874. The third-order valence-electron chi connectivity index (χ3n) is 4.49. The van der Waals surface area contributed by atoms with Crippen LogP contribution in [0.3, 0.4) is 0 Å². The third kappa shape index (κ3) is 4.53. The van der Waals surface area contributed by atoms with Gasteiger partial charge in [0.25, 0.3) is 5.91 Å². The minimum absolute atomic E-state index is 0.0911. The second-order valence-electron chi connectivity index (χ2n) is 6.64. The lowest BCUT2D eigenvalue weighted by molar-refractivity contribution is -0.119. The topological polar surface area (TPSA) is 75.7 Å². The molecule has 2 amide bonds. The van der Waals surface area contributed by atoms with Gasteiger partial charge in [0.05, 0.1) is 5.56 Å². The Hall–Kier alpha value is -3.15. The van der Waals surface area contributed by atoms with Crippen molar-refractivity contribution in [1.29, 1.82) is 0 Å². The molecule has 3 rings (SSSR count). The molecule has 1 aliphatic heterocycles. The Morgan fingerprint density at radius 1 is 1.11 bits per heavy atom. The number of nitrogens with one attached hydrogen (secondary N) is 1. The van der Waals surface area contributed by atoms with Crippen molar-refractivity contribution in [3.63, 3.8) is 0 Å². The van der Waals surface area contributed by atoms with Gasteiger partial charge in [0.2, 0.25) is 5.91 Å². The number of carbonyl (C=O) groups excluding carboxylic acids is 3. The first kappa shape index (κ1) is 18.6. The van der Waals surface area contributed by atoms with E-state index in [1.165, 1.54) is 0 Å². The highest BCUT2D eigenvalue weighted by molar-refractivity contribution is 5.97. The summed E-state index contributed by atoms with van der Waals surface area (Å²) in [6.45, 7) is 4.17. The van der Waals surface area contributed by atoms with Crippen molar-refractivity contribution < 1.29 is 19.1 Å². The molecule has 1 aliphatic rings. The highest BCUT2D eigenvalue weighted by atomic mass is 16.5. The fraction of sp³-hybridized carbons (Fsp3) is 0.286. The summed E-state index contributed by atoms with van der Waals surface area (Å²) in [5.41, 5.74) is 3.78. The van der Waals surface area contributed by atoms with Crippen molar-refractivity contribution in [2.75, 3.05) is 23.4 Å². The van der Waals surface area contributed by atoms with Crippen LogP contribution in [0.5, 0.6) is 0 Å². The molecule has 140 valence electrons. The van der Waals surface area contributed by atoms with Crippen LogP contribution >= 0.6 is 0 Å². The summed E-state index contributed by atoms with van der Waals surface area (Å²) in [6.07, 6.45) is 1.40. The van der Waals surface area contributed by atoms with Crippen LogP contribution in [-0.2, 0) is 14.3 Å². The number of ether oxygens (including phenoxy) is 1. The number of carbonyl (C=O) groups is 3. The van der Waals surface area contributed by atoms with E-state index < -0.39 is 11.9 Å². The number of hydrogen-bond donors (Lipinski definition) is 1. The zero-order valence-electron chi connectivity index (χ0n) is 15.5. The second kappa shape index (κ2) is 8.03. The zero-order valence-corrected chi connectivity index (χ0v) is 15.5. The number of amides is 2. The molecule has 0 saturated carbocycles. The lowest BCUT2D eigenvalue weighted by Gasteiger charge is -2.15. The average molecular weight is 366 g/mol. The molecule has 2 aromatic carbocycles. The predicted octanol–water partition coefficient (Wildman–Crippen LogP) is 3.23. The van der Waals surface area contributed by atoms with E-state index in [1.54, 1.807) is 29.2 Å². The van der Waals surface area contributed by atoms with E-state index in [1.807, 2.05) is 32.0 Å². The second-order valence-corrected chi connectivity index (χ2v) is 6.64. The molecule has 0 unspecified atom stereocenters. The van der Waals surface area contributed by atoms with E-state index in [9.17, 15) is 14.4 Å². The van der Waals surface area contributed by atoms with Crippen LogP contribution in [0.1, 0.15) is 34.3 Å². The summed E-state index contributed by atoms with van der Waals surface area (Å²) < 4.78 is 5.09. The average Bonchev–Trinajstić information content (AvgIpc) is 3.09. The molecule has 0 aliphatic carbocycles. The number of hydrogen-bond acceptors (Lipinski definition) is 4. The van der Waals surface area contributed by atoms with E-state index in [2.05, 4.69) is 5.32 Å². The van der Waals surface area contributed by atoms with Gasteiger partial charge in [0.1, 0.15) is 0 Å². The smallest absolute Gasteiger partial charge is 0.338 e. The number of benzene rings is 2. The Labute approximate surface area is 158 Å². The van der Waals surface area contributed by atoms with Crippen LogP contribution in [-0.4, -0.2) is 30.9 Å². The lowest BCUT2D eigenvalue weighted by atomic mass is 10.1. The summed E-state index contributed by atoms with van der Waals surface area (Å²) in [5, 5.41) is 2.75. The first-order chi connectivity index (χ1) is 12.9. The SMILES string of the molecule is Cc1ccc(C)c(NC(=O)COC(=O)c2ccc(N3CCCC3=O)cc2)c1. The van der Waals surface area contributed by atoms with E-state index in [0.717, 1.165) is 23.2 Å². The summed E-state index contributed by atoms with van der Waals surface area (Å²) in [6, 6.07) is 12.4. The first-order valence-electron chi connectivity index (χ1n) is 8.89. The van der Waals surface area contributed by atoms with E-state index in [-0.39, 0.29) is 12.5 Å². The Kier molecular flexibility index (Phi) is 5.54. The molecule has 6 nitrogen and oxygen atoms in total. The van der Waals surface area contributed by atoms with Crippen molar-refractivity contribution in [1.82, 2.24) is 0 Å². The van der Waals surface area contributed by atoms with Crippen molar-refractivity contribution >= 4 is 29.2 Å². The number of rotatable bonds is 5. The molecule has 0 atom stereocenters. The van der Waals surface area contributed by atoms with Gasteiger partial charge in [0.15, 0.2) is 6.61 Å². The van der Waals surface area contributed by atoms with Gasteiger partial charge in [-0.05, 0) is 61.7 Å². The van der Waals surface area contributed by atoms with Crippen LogP contribution in [0.25, 0.3) is 0 Å². The third-order valence-corrected chi connectivity index (χ3v) is 4.49. The molecule has 0 bridgehead atoms. The number of aryl methyl sites for hydroxylation is 2. The summed E-state index contributed by atoms with van der Waals surface area (Å²) in [4.78, 5) is 37.6. The van der Waals surface area contributed by atoms with Gasteiger partial charge in [-0.1, -0.05) is 12.1 Å². The van der Waals surface area contributed by atoms with Gasteiger partial charge in [0, 0.05) is 24.3 Å². The van der Waals surface area contributed by atoms with E-state index in [0.29, 0.717) is 24.2 Å². The number of esters is 1. The van der Waals surface area contributed by atoms with Gasteiger partial charge >= 0.3 is 5.97 Å². The zero-order chi connectivity index (χ0) is 19.4. The number of anilines is 2. The molecular formula is C21H22N2O4. The van der Waals surface area contributed by atoms with Crippen molar-refractivity contribution in [2.45, 2.75) is 26.7 Å². The normalized spacial score (nSPS) is 13.6. The van der Waals surface area contributed by atoms with Crippen LogP contribution in [0.15, 0.2) is 42.5 Å². The minimum Gasteiger partial charge on any atom is -0.452 e. The van der Waals surface area contributed by atoms with Crippen LogP contribution in [0, 0.1) is 13.8 Å². The minimum atomic E-state index is -0.578. The maximum absolute atomic E-state index is 12.1. The Morgan fingerprint density at radius 3 is 2.52 bits per heavy atom. The molecule has 0 aromatic heterocycles. The molecule has 6 heteroatoms. The Balaban J connectivity index is 1.55. The van der Waals surface area contributed by atoms with Crippen molar-refractivity contribution in [3.8, 4) is 0 Å². The Morgan fingerprint density at radius 2 is 1.85 bits per heavy atom. The predicted molar refractivity (Wildman–Crippen MR) is 103 cm³/mol. The molecule has 27 heavy (non-hydrogen) atoms. The van der Waals surface area contributed by atoms with Crippen LogP contribution in [0.4, 0.5) is 11.4 Å². The molecule has 0 spiro atoms. The standard InChI is InChI=1S/C21H22N2O4/c1-14-5-6-15(2)18(12-14)22-19(24)13-27-21(26)16-7-9-17(10-8-16)23-11-3-4-20(23)25/h5-10,12H,3-4,11,13H2,1-2H3,(H,22,24). The first-order valence-corrected chi connectivity index (χ1v) is 8.89. The summed E-state index contributed by atoms with van der Waals surface area (Å²) in [7, 11) is 0. The largest absolute Gasteiger partial charge is 0.452 e. The van der Waals surface area contributed by atoms with Gasteiger partial charge in [-0.2, -0.15) is 0 Å². The van der Waals surface area contributed by atoms with Gasteiger partial charge in [-0.15, -0.1) is 0 Å². The summed E-state index contributed by atoms with van der Waals surface area (Å²) in [5.74, 6) is -0.879. The molecule has 2 aromatic rings. The van der Waals surface area contributed by atoms with Gasteiger partial charge in [-0.3, -0.25) is 9.59 Å². The molecule has 1 saturated heterocycles. The van der Waals surface area contributed by atoms with Crippen LogP contribution < -0.4 is 10.2 Å². The monoisotopic (exact) mass is 366 g/mol. The highest BCUT2D eigenvalue weighted by Crippen LogP contribution is 2.22. The molecule has 1 heterocycles. The highest BCUT2D eigenvalue weighted by Gasteiger charge is 2.21. The van der Waals surface area contributed by atoms with Gasteiger partial charge in [-0.25, -0.2) is 4.79 Å². The van der Waals surface area contributed by atoms with E-state index in [4.69, 9.17) is 4.74 Å². The van der Waals surface area contributed by atoms with Crippen molar-refractivity contribution in [3.05, 3.63) is 59.2 Å². The van der Waals surface area contributed by atoms with Crippen molar-refractivity contribution in [2.24, 2.45) is 0 Å².